The van der Waals surface area contributed by atoms with Crippen LogP contribution in [0.5, 0.6) is 5.75 Å². The SMILES string of the molecule is C=CCn1c(SCC(=O)Nc2ccc(OC)cc2)nnc1-c1ccoc1C. The average molecular weight is 384 g/mol. The molecule has 8 heteroatoms. The van der Waals surface area contributed by atoms with E-state index in [1.165, 1.54) is 11.8 Å². The molecule has 140 valence electrons. The Balaban J connectivity index is 1.68. The standard InChI is InChI=1S/C19H20N4O3S/c1-4-10-23-18(16-9-11-26-13(16)2)21-22-19(23)27-12-17(24)20-14-5-7-15(25-3)8-6-14/h4-9,11H,1,10,12H2,2-3H3,(H,20,24). The molecule has 0 aliphatic carbocycles. The molecule has 7 nitrogen and oxygen atoms in total. The van der Waals surface area contributed by atoms with Gasteiger partial charge in [0.15, 0.2) is 11.0 Å². The fourth-order valence-electron chi connectivity index (χ4n) is 2.51. The molecule has 3 aromatic rings. The van der Waals surface area contributed by atoms with Crippen LogP contribution in [0, 0.1) is 6.92 Å². The van der Waals surface area contributed by atoms with Crippen LogP contribution in [0.15, 0.2) is 58.8 Å². The molecule has 0 saturated carbocycles. The van der Waals surface area contributed by atoms with Crippen molar-refractivity contribution in [3.8, 4) is 17.1 Å². The smallest absolute Gasteiger partial charge is 0.234 e. The Morgan fingerprint density at radius 2 is 2.11 bits per heavy atom. The van der Waals surface area contributed by atoms with Crippen LogP contribution >= 0.6 is 11.8 Å². The van der Waals surface area contributed by atoms with Crippen molar-refractivity contribution < 1.29 is 13.9 Å². The van der Waals surface area contributed by atoms with Crippen LogP contribution in [0.1, 0.15) is 5.76 Å². The number of furan rings is 1. The van der Waals surface area contributed by atoms with Crippen LogP contribution in [-0.2, 0) is 11.3 Å². The minimum atomic E-state index is -0.126. The van der Waals surface area contributed by atoms with E-state index in [4.69, 9.17) is 9.15 Å². The summed E-state index contributed by atoms with van der Waals surface area (Å²) in [5, 5.41) is 12.0. The van der Waals surface area contributed by atoms with E-state index in [-0.39, 0.29) is 11.7 Å². The summed E-state index contributed by atoms with van der Waals surface area (Å²) in [5.74, 6) is 2.29. The molecular weight excluding hydrogens is 364 g/mol. The number of carbonyl (C=O) groups excluding carboxylic acids is 1. The maximum absolute atomic E-state index is 12.2. The Morgan fingerprint density at radius 1 is 1.33 bits per heavy atom. The lowest BCUT2D eigenvalue weighted by atomic mass is 10.2. The maximum Gasteiger partial charge on any atom is 0.234 e. The zero-order chi connectivity index (χ0) is 19.2. The Hall–Kier alpha value is -3.00. The number of anilines is 1. The predicted molar refractivity (Wildman–Crippen MR) is 105 cm³/mol. The molecule has 0 unspecified atom stereocenters. The van der Waals surface area contributed by atoms with Crippen LogP contribution in [0.4, 0.5) is 5.69 Å². The summed E-state index contributed by atoms with van der Waals surface area (Å²) >= 11 is 1.32. The Bertz CT molecular complexity index is 931. The van der Waals surface area contributed by atoms with Gasteiger partial charge in [0.2, 0.25) is 5.91 Å². The number of allylic oxidation sites excluding steroid dienone is 1. The number of carbonyl (C=O) groups is 1. The molecule has 3 rings (SSSR count). The quantitative estimate of drug-likeness (QED) is 0.470. The second-order valence-corrected chi connectivity index (χ2v) is 6.60. The van der Waals surface area contributed by atoms with E-state index in [1.54, 1.807) is 43.7 Å². The maximum atomic E-state index is 12.2. The largest absolute Gasteiger partial charge is 0.497 e. The summed E-state index contributed by atoms with van der Waals surface area (Å²) in [6.45, 7) is 6.20. The number of ether oxygens (including phenoxy) is 1. The fourth-order valence-corrected chi connectivity index (χ4v) is 3.25. The van der Waals surface area contributed by atoms with Gasteiger partial charge in [-0.2, -0.15) is 0 Å². The highest BCUT2D eigenvalue weighted by Gasteiger charge is 2.17. The normalized spacial score (nSPS) is 10.6. The summed E-state index contributed by atoms with van der Waals surface area (Å²) < 4.78 is 12.4. The molecule has 0 aliphatic rings. The molecule has 0 atom stereocenters. The molecule has 1 aromatic carbocycles. The van der Waals surface area contributed by atoms with Crippen molar-refractivity contribution in [1.82, 2.24) is 14.8 Å². The second-order valence-electron chi connectivity index (χ2n) is 5.66. The summed E-state index contributed by atoms with van der Waals surface area (Å²) in [6.07, 6.45) is 3.39. The van der Waals surface area contributed by atoms with Crippen LogP contribution < -0.4 is 10.1 Å². The van der Waals surface area contributed by atoms with Crippen molar-refractivity contribution in [1.29, 1.82) is 0 Å². The van der Waals surface area contributed by atoms with Gasteiger partial charge in [0.1, 0.15) is 11.5 Å². The summed E-state index contributed by atoms with van der Waals surface area (Å²) in [6, 6.07) is 9.03. The average Bonchev–Trinajstić information content (AvgIpc) is 3.27. The lowest BCUT2D eigenvalue weighted by Crippen LogP contribution is -2.14. The third kappa shape index (κ3) is 4.40. The molecule has 1 amide bonds. The van der Waals surface area contributed by atoms with E-state index in [1.807, 2.05) is 17.6 Å². The van der Waals surface area contributed by atoms with Gasteiger partial charge in [0, 0.05) is 12.2 Å². The molecule has 0 bridgehead atoms. The number of aryl methyl sites for hydroxylation is 1. The lowest BCUT2D eigenvalue weighted by molar-refractivity contribution is -0.113. The van der Waals surface area contributed by atoms with Gasteiger partial charge < -0.3 is 14.5 Å². The van der Waals surface area contributed by atoms with Crippen molar-refractivity contribution in [3.05, 3.63) is 55.0 Å². The number of thioether (sulfide) groups is 1. The zero-order valence-corrected chi connectivity index (χ0v) is 16.0. The predicted octanol–water partition coefficient (Wildman–Crippen LogP) is 3.77. The second kappa shape index (κ2) is 8.59. The molecule has 1 N–H and O–H groups in total. The van der Waals surface area contributed by atoms with Crippen LogP contribution in [-0.4, -0.2) is 33.5 Å². The van der Waals surface area contributed by atoms with E-state index in [9.17, 15) is 4.79 Å². The molecular formula is C19H20N4O3S. The van der Waals surface area contributed by atoms with E-state index in [0.29, 0.717) is 23.2 Å². The van der Waals surface area contributed by atoms with Gasteiger partial charge in [-0.1, -0.05) is 17.8 Å². The zero-order valence-electron chi connectivity index (χ0n) is 15.1. The molecule has 2 heterocycles. The number of hydrogen-bond acceptors (Lipinski definition) is 6. The van der Waals surface area contributed by atoms with Crippen LogP contribution in [0.2, 0.25) is 0 Å². The van der Waals surface area contributed by atoms with Crippen LogP contribution in [0.3, 0.4) is 0 Å². The summed E-state index contributed by atoms with van der Waals surface area (Å²) in [7, 11) is 1.60. The molecule has 0 spiro atoms. The number of aromatic nitrogens is 3. The third-order valence-electron chi connectivity index (χ3n) is 3.83. The molecule has 0 saturated heterocycles. The Labute approximate surface area is 161 Å². The number of nitrogens with one attached hydrogen (secondary N) is 1. The lowest BCUT2D eigenvalue weighted by Gasteiger charge is -2.08. The van der Waals surface area contributed by atoms with E-state index < -0.39 is 0 Å². The highest BCUT2D eigenvalue weighted by atomic mass is 32.2. The number of benzene rings is 1. The number of nitrogens with zero attached hydrogens (tertiary/aromatic N) is 3. The fraction of sp³-hybridized carbons (Fsp3) is 0.211. The van der Waals surface area contributed by atoms with Gasteiger partial charge in [0.25, 0.3) is 0 Å². The number of hydrogen-bond donors (Lipinski definition) is 1. The molecule has 2 aromatic heterocycles. The van der Waals surface area contributed by atoms with Crippen LogP contribution in [0.25, 0.3) is 11.4 Å². The topological polar surface area (TPSA) is 82.2 Å². The minimum absolute atomic E-state index is 0.126. The van der Waals surface area contributed by atoms with Crippen molar-refractivity contribution in [3.63, 3.8) is 0 Å². The highest BCUT2D eigenvalue weighted by Crippen LogP contribution is 2.27. The van der Waals surface area contributed by atoms with E-state index in [0.717, 1.165) is 17.1 Å². The van der Waals surface area contributed by atoms with Crippen molar-refractivity contribution in [2.75, 3.05) is 18.2 Å². The number of methoxy groups -OCH3 is 1. The summed E-state index contributed by atoms with van der Waals surface area (Å²) in [5.41, 5.74) is 1.59. The highest BCUT2D eigenvalue weighted by molar-refractivity contribution is 7.99. The van der Waals surface area contributed by atoms with Gasteiger partial charge in [0.05, 0.1) is 24.7 Å². The number of rotatable bonds is 8. The summed E-state index contributed by atoms with van der Waals surface area (Å²) in [4.78, 5) is 12.2. The first-order valence-corrected chi connectivity index (χ1v) is 9.26. The Morgan fingerprint density at radius 3 is 2.74 bits per heavy atom. The van der Waals surface area contributed by atoms with Gasteiger partial charge in [-0.05, 0) is 37.3 Å². The monoisotopic (exact) mass is 384 g/mol. The molecule has 0 radical (unpaired) electrons. The third-order valence-corrected chi connectivity index (χ3v) is 4.80. The van der Waals surface area contributed by atoms with Gasteiger partial charge in [-0.25, -0.2) is 0 Å². The number of amides is 1. The van der Waals surface area contributed by atoms with Crippen molar-refractivity contribution in [2.45, 2.75) is 18.6 Å². The van der Waals surface area contributed by atoms with Gasteiger partial charge >= 0.3 is 0 Å². The van der Waals surface area contributed by atoms with E-state index in [2.05, 4.69) is 22.1 Å². The van der Waals surface area contributed by atoms with Gasteiger partial charge in [-0.3, -0.25) is 9.36 Å². The van der Waals surface area contributed by atoms with Crippen molar-refractivity contribution >= 4 is 23.4 Å². The molecule has 0 aliphatic heterocycles. The first-order chi connectivity index (χ1) is 13.1. The molecule has 27 heavy (non-hydrogen) atoms. The first-order valence-electron chi connectivity index (χ1n) is 8.27. The molecule has 0 fully saturated rings. The van der Waals surface area contributed by atoms with Crippen molar-refractivity contribution in [2.24, 2.45) is 0 Å². The Kier molecular flexibility index (Phi) is 5.97. The first kappa shape index (κ1) is 18.8. The van der Waals surface area contributed by atoms with Gasteiger partial charge in [-0.15, -0.1) is 16.8 Å². The van der Waals surface area contributed by atoms with E-state index >= 15 is 0 Å². The minimum Gasteiger partial charge on any atom is -0.497 e.